The molecule has 1 fully saturated rings. The zero-order valence-corrected chi connectivity index (χ0v) is 12.4. The Bertz CT molecular complexity index is 631. The van der Waals surface area contributed by atoms with Gasteiger partial charge < -0.3 is 5.32 Å². The van der Waals surface area contributed by atoms with Crippen molar-refractivity contribution in [1.29, 1.82) is 0 Å². The average Bonchev–Trinajstić information content (AvgIpc) is 2.88. The maximum Gasteiger partial charge on any atom is 0.275 e. The molecule has 1 aliphatic heterocycles. The van der Waals surface area contributed by atoms with E-state index < -0.39 is 0 Å². The second-order valence-corrected chi connectivity index (χ2v) is 6.17. The number of fused-ring (bicyclic) bond motifs is 1. The summed E-state index contributed by atoms with van der Waals surface area (Å²) in [5.74, 6) is 0. The van der Waals surface area contributed by atoms with Gasteiger partial charge in [-0.05, 0) is 26.4 Å². The van der Waals surface area contributed by atoms with E-state index in [0.29, 0.717) is 17.5 Å². The van der Waals surface area contributed by atoms with Crippen LogP contribution in [0.3, 0.4) is 0 Å². The Hall–Kier alpha value is -1.31. The number of nitrogens with zero attached hydrogens (tertiary/aromatic N) is 4. The van der Waals surface area contributed by atoms with Gasteiger partial charge in [-0.1, -0.05) is 17.8 Å². The summed E-state index contributed by atoms with van der Waals surface area (Å²) in [4.78, 5) is 19.2. The molecule has 0 saturated carbocycles. The van der Waals surface area contributed by atoms with Crippen molar-refractivity contribution in [2.75, 3.05) is 20.1 Å². The highest BCUT2D eigenvalue weighted by atomic mass is 32.1. The lowest BCUT2D eigenvalue weighted by Crippen LogP contribution is -2.42. The predicted octanol–water partition coefficient (Wildman–Crippen LogP) is 0.725. The van der Waals surface area contributed by atoms with Gasteiger partial charge in [-0.25, -0.2) is 4.98 Å². The summed E-state index contributed by atoms with van der Waals surface area (Å²) in [6, 6.07) is 2.14. The van der Waals surface area contributed by atoms with E-state index in [1.165, 1.54) is 35.1 Å². The van der Waals surface area contributed by atoms with Crippen molar-refractivity contribution in [3.63, 3.8) is 0 Å². The molecule has 2 aromatic rings. The number of nitrogens with one attached hydrogen (secondary N) is 1. The van der Waals surface area contributed by atoms with Crippen LogP contribution in [0.25, 0.3) is 4.96 Å². The van der Waals surface area contributed by atoms with Crippen LogP contribution in [0.1, 0.15) is 25.0 Å². The zero-order valence-electron chi connectivity index (χ0n) is 11.6. The average molecular weight is 293 g/mol. The van der Waals surface area contributed by atoms with Gasteiger partial charge >= 0.3 is 0 Å². The molecule has 1 aliphatic rings. The van der Waals surface area contributed by atoms with Crippen molar-refractivity contribution in [3.8, 4) is 0 Å². The SMILES string of the molecule is CN(Cc1cc(=O)n2ncsc2n1)CC1CCCCN1. The fourth-order valence-corrected chi connectivity index (χ4v) is 3.32. The van der Waals surface area contributed by atoms with Crippen LogP contribution in [-0.4, -0.2) is 45.7 Å². The summed E-state index contributed by atoms with van der Waals surface area (Å²) in [7, 11) is 2.08. The van der Waals surface area contributed by atoms with Crippen LogP contribution in [0, 0.1) is 0 Å². The van der Waals surface area contributed by atoms with Crippen molar-refractivity contribution in [2.24, 2.45) is 0 Å². The summed E-state index contributed by atoms with van der Waals surface area (Å²) in [6.07, 6.45) is 3.81. The fraction of sp³-hybridized carbons (Fsp3) is 0.615. The molecule has 6 nitrogen and oxygen atoms in total. The Morgan fingerprint density at radius 3 is 3.25 bits per heavy atom. The normalized spacial score (nSPS) is 19.8. The highest BCUT2D eigenvalue weighted by molar-refractivity contribution is 7.14. The van der Waals surface area contributed by atoms with Gasteiger partial charge in [0.05, 0.1) is 5.69 Å². The maximum atomic E-state index is 11.9. The molecule has 3 rings (SSSR count). The van der Waals surface area contributed by atoms with Gasteiger partial charge in [0.15, 0.2) is 0 Å². The minimum absolute atomic E-state index is 0.101. The van der Waals surface area contributed by atoms with Gasteiger partial charge in [0.2, 0.25) is 4.96 Å². The smallest absolute Gasteiger partial charge is 0.275 e. The highest BCUT2D eigenvalue weighted by Gasteiger charge is 2.15. The maximum absolute atomic E-state index is 11.9. The van der Waals surface area contributed by atoms with Crippen LogP contribution in [0.5, 0.6) is 0 Å². The quantitative estimate of drug-likeness (QED) is 0.900. The molecule has 0 aliphatic carbocycles. The molecular weight excluding hydrogens is 274 g/mol. The van der Waals surface area contributed by atoms with Gasteiger partial charge in [-0.3, -0.25) is 9.69 Å². The van der Waals surface area contributed by atoms with Crippen molar-refractivity contribution in [3.05, 3.63) is 27.6 Å². The van der Waals surface area contributed by atoms with Crippen LogP contribution in [-0.2, 0) is 6.54 Å². The Labute approximate surface area is 121 Å². The molecule has 3 heterocycles. The van der Waals surface area contributed by atoms with Crippen LogP contribution in [0.2, 0.25) is 0 Å². The monoisotopic (exact) mass is 293 g/mol. The van der Waals surface area contributed by atoms with E-state index in [1.807, 2.05) is 0 Å². The molecule has 0 aromatic carbocycles. The minimum Gasteiger partial charge on any atom is -0.313 e. The molecule has 0 amide bonds. The summed E-state index contributed by atoms with van der Waals surface area (Å²) in [5.41, 5.74) is 2.36. The van der Waals surface area contributed by atoms with E-state index >= 15 is 0 Å². The number of hydrogen-bond acceptors (Lipinski definition) is 6. The van der Waals surface area contributed by atoms with E-state index in [1.54, 1.807) is 11.6 Å². The number of hydrogen-bond donors (Lipinski definition) is 1. The molecule has 2 aromatic heterocycles. The van der Waals surface area contributed by atoms with E-state index in [9.17, 15) is 4.79 Å². The summed E-state index contributed by atoms with van der Waals surface area (Å²) < 4.78 is 1.34. The first-order valence-electron chi connectivity index (χ1n) is 6.97. The van der Waals surface area contributed by atoms with E-state index in [-0.39, 0.29) is 5.56 Å². The third-order valence-corrected chi connectivity index (χ3v) is 4.29. The summed E-state index contributed by atoms with van der Waals surface area (Å²) in [5, 5.41) is 7.51. The Kier molecular flexibility index (Phi) is 4.09. The summed E-state index contributed by atoms with van der Waals surface area (Å²) >= 11 is 1.39. The molecule has 1 saturated heterocycles. The Morgan fingerprint density at radius 1 is 1.55 bits per heavy atom. The number of aromatic nitrogens is 3. The van der Waals surface area contributed by atoms with Gasteiger partial charge in [0.1, 0.15) is 5.51 Å². The molecule has 108 valence electrons. The number of likely N-dealkylation sites (N-methyl/N-ethyl adjacent to an activating group) is 1. The zero-order chi connectivity index (χ0) is 13.9. The third kappa shape index (κ3) is 3.05. The second-order valence-electron chi connectivity index (χ2n) is 5.36. The Balaban J connectivity index is 1.67. The highest BCUT2D eigenvalue weighted by Crippen LogP contribution is 2.10. The fourth-order valence-electron chi connectivity index (χ4n) is 2.68. The first kappa shape index (κ1) is 13.7. The topological polar surface area (TPSA) is 62.5 Å². The molecule has 0 bridgehead atoms. The van der Waals surface area contributed by atoms with Gasteiger partial charge in [0, 0.05) is 25.2 Å². The lowest BCUT2D eigenvalue weighted by Gasteiger charge is -2.27. The van der Waals surface area contributed by atoms with Crippen LogP contribution < -0.4 is 10.9 Å². The molecule has 1 atom stereocenters. The molecule has 1 N–H and O–H groups in total. The Morgan fingerprint density at radius 2 is 2.45 bits per heavy atom. The number of rotatable bonds is 4. The van der Waals surface area contributed by atoms with Crippen LogP contribution >= 0.6 is 11.3 Å². The van der Waals surface area contributed by atoms with Crippen molar-refractivity contribution >= 4 is 16.3 Å². The van der Waals surface area contributed by atoms with E-state index in [2.05, 4.69) is 27.3 Å². The van der Waals surface area contributed by atoms with Crippen molar-refractivity contribution < 1.29 is 0 Å². The first-order chi connectivity index (χ1) is 9.72. The lowest BCUT2D eigenvalue weighted by molar-refractivity contribution is 0.254. The van der Waals surface area contributed by atoms with E-state index in [0.717, 1.165) is 18.8 Å². The molecule has 0 radical (unpaired) electrons. The molecule has 20 heavy (non-hydrogen) atoms. The van der Waals surface area contributed by atoms with Crippen LogP contribution in [0.15, 0.2) is 16.4 Å². The summed E-state index contributed by atoms with van der Waals surface area (Å²) in [6.45, 7) is 2.80. The van der Waals surface area contributed by atoms with Gasteiger partial charge in [-0.15, -0.1) is 0 Å². The molecule has 0 spiro atoms. The van der Waals surface area contributed by atoms with Gasteiger partial charge in [-0.2, -0.15) is 9.61 Å². The molecule has 1 unspecified atom stereocenters. The largest absolute Gasteiger partial charge is 0.313 e. The third-order valence-electron chi connectivity index (χ3n) is 3.62. The lowest BCUT2D eigenvalue weighted by atomic mass is 10.0. The van der Waals surface area contributed by atoms with Crippen LogP contribution in [0.4, 0.5) is 0 Å². The minimum atomic E-state index is -0.101. The van der Waals surface area contributed by atoms with Gasteiger partial charge in [0.25, 0.3) is 5.56 Å². The first-order valence-corrected chi connectivity index (χ1v) is 7.85. The molecular formula is C13H19N5OS. The van der Waals surface area contributed by atoms with Crippen molar-refractivity contribution in [2.45, 2.75) is 31.8 Å². The molecule has 7 heteroatoms. The van der Waals surface area contributed by atoms with Crippen molar-refractivity contribution in [1.82, 2.24) is 24.8 Å². The second kappa shape index (κ2) is 5.99. The number of piperidine rings is 1. The standard InChI is InChI=1S/C13H19N5OS/c1-17(7-10-4-2-3-5-14-10)8-11-6-12(19)18-13(16-11)20-9-15-18/h6,9-10,14H,2-5,7-8H2,1H3. The predicted molar refractivity (Wildman–Crippen MR) is 79.1 cm³/mol. The van der Waals surface area contributed by atoms with E-state index in [4.69, 9.17) is 0 Å².